The van der Waals surface area contributed by atoms with Crippen molar-refractivity contribution in [1.82, 2.24) is 15.0 Å². The predicted octanol–water partition coefficient (Wildman–Crippen LogP) is 2.53. The zero-order chi connectivity index (χ0) is 22.0. The highest BCUT2D eigenvalue weighted by Crippen LogP contribution is 2.38. The van der Waals surface area contributed by atoms with Gasteiger partial charge in [-0.15, -0.1) is 0 Å². The van der Waals surface area contributed by atoms with Crippen molar-refractivity contribution >= 4 is 23.7 Å². The molecule has 0 amide bonds. The van der Waals surface area contributed by atoms with Gasteiger partial charge in [0.1, 0.15) is 23.7 Å². The number of carbonyl (C=O) groups is 1. The monoisotopic (exact) mass is 436 g/mol. The number of carbonyl (C=O) groups excluding carboxylic acids is 1. The molecule has 2 aromatic rings. The first-order valence-electron chi connectivity index (χ1n) is 10.1. The molecule has 11 heteroatoms. The smallest absolute Gasteiger partial charge is 0.384 e. The predicted molar refractivity (Wildman–Crippen MR) is 109 cm³/mol. The number of hydrogen-bond acceptors (Lipinski definition) is 8. The third-order valence-electron chi connectivity index (χ3n) is 5.51. The average Bonchev–Trinajstić information content (AvgIpc) is 2.78. The maximum Gasteiger partial charge on any atom is 0.417 e. The van der Waals surface area contributed by atoms with Gasteiger partial charge in [-0.1, -0.05) is 0 Å². The van der Waals surface area contributed by atoms with Crippen LogP contribution < -0.4 is 15.5 Å². The molecular formula is C20H23F3N6O2. The first kappa shape index (κ1) is 21.3. The van der Waals surface area contributed by atoms with Crippen LogP contribution in [0.2, 0.25) is 0 Å². The molecule has 0 saturated carbocycles. The third-order valence-corrected chi connectivity index (χ3v) is 5.51. The number of aromatic nitrogens is 3. The van der Waals surface area contributed by atoms with Gasteiger partial charge in [0.05, 0.1) is 30.4 Å². The van der Waals surface area contributed by atoms with Crippen LogP contribution >= 0.6 is 0 Å². The number of hydrogen-bond donors (Lipinski definition) is 1. The molecule has 4 heterocycles. The van der Waals surface area contributed by atoms with Crippen molar-refractivity contribution in [2.24, 2.45) is 0 Å². The molecule has 2 fully saturated rings. The number of morpholine rings is 1. The normalized spacial score (nSPS) is 20.0. The van der Waals surface area contributed by atoms with Crippen molar-refractivity contribution in [3.63, 3.8) is 0 Å². The minimum absolute atomic E-state index is 0.103. The van der Waals surface area contributed by atoms with E-state index in [-0.39, 0.29) is 23.2 Å². The Bertz CT molecular complexity index is 949. The molecule has 31 heavy (non-hydrogen) atoms. The number of alkyl halides is 3. The zero-order valence-corrected chi connectivity index (χ0v) is 16.8. The third kappa shape index (κ3) is 4.55. The van der Waals surface area contributed by atoms with Crippen LogP contribution in [0.5, 0.6) is 0 Å². The highest BCUT2D eigenvalue weighted by molar-refractivity contribution is 5.70. The summed E-state index contributed by atoms with van der Waals surface area (Å²) in [5.74, 6) is 0.573. The lowest BCUT2D eigenvalue weighted by Crippen LogP contribution is -2.42. The highest BCUT2D eigenvalue weighted by atomic mass is 19.4. The topological polar surface area (TPSA) is 97.5 Å². The van der Waals surface area contributed by atoms with E-state index in [4.69, 9.17) is 10.5 Å². The maximum absolute atomic E-state index is 13.7. The summed E-state index contributed by atoms with van der Waals surface area (Å²) in [6.07, 6.45) is -0.286. The van der Waals surface area contributed by atoms with Crippen LogP contribution in [0, 0.1) is 0 Å². The SMILES string of the molecule is Nc1cc(C(F)(F)F)c(-c2nc(N3CCOCC3)cc(N3CCCCC3C=O)n2)cn1. The molecule has 2 N–H and O–H groups in total. The van der Waals surface area contributed by atoms with E-state index in [0.717, 1.165) is 31.4 Å². The van der Waals surface area contributed by atoms with Gasteiger partial charge in [-0.3, -0.25) is 0 Å². The molecular weight excluding hydrogens is 413 g/mol. The average molecular weight is 436 g/mol. The molecule has 1 unspecified atom stereocenters. The fraction of sp³-hybridized carbons (Fsp3) is 0.500. The number of pyridine rings is 1. The molecule has 0 bridgehead atoms. The van der Waals surface area contributed by atoms with Crippen molar-refractivity contribution in [2.75, 3.05) is 48.4 Å². The van der Waals surface area contributed by atoms with Crippen molar-refractivity contribution in [3.8, 4) is 11.4 Å². The van der Waals surface area contributed by atoms with Gasteiger partial charge >= 0.3 is 6.18 Å². The van der Waals surface area contributed by atoms with Gasteiger partial charge in [-0.2, -0.15) is 13.2 Å². The van der Waals surface area contributed by atoms with Crippen LogP contribution in [0.3, 0.4) is 0 Å². The van der Waals surface area contributed by atoms with Crippen molar-refractivity contribution < 1.29 is 22.7 Å². The Balaban J connectivity index is 1.85. The van der Waals surface area contributed by atoms with E-state index in [1.54, 1.807) is 6.07 Å². The summed E-state index contributed by atoms with van der Waals surface area (Å²) in [5.41, 5.74) is 4.31. The number of rotatable bonds is 4. The molecule has 0 aromatic carbocycles. The van der Waals surface area contributed by atoms with Gasteiger partial charge in [-0.05, 0) is 25.3 Å². The van der Waals surface area contributed by atoms with Gasteiger partial charge in [-0.25, -0.2) is 15.0 Å². The van der Waals surface area contributed by atoms with E-state index < -0.39 is 11.7 Å². The number of ether oxygens (including phenoxy) is 1. The van der Waals surface area contributed by atoms with Crippen LogP contribution in [0.15, 0.2) is 18.3 Å². The summed E-state index contributed by atoms with van der Waals surface area (Å²) in [4.78, 5) is 28.1. The number of anilines is 3. The Morgan fingerprint density at radius 3 is 2.55 bits per heavy atom. The summed E-state index contributed by atoms with van der Waals surface area (Å²) >= 11 is 0. The van der Waals surface area contributed by atoms with Crippen molar-refractivity contribution in [1.29, 1.82) is 0 Å². The standard InChI is InChI=1S/C20H23F3N6O2/c21-20(22,23)15-9-16(24)25-11-14(15)19-26-17(28-5-7-31-8-6-28)10-18(27-19)29-4-2-1-3-13(29)12-30/h9-13H,1-8H2,(H2,24,25). The minimum Gasteiger partial charge on any atom is -0.384 e. The largest absolute Gasteiger partial charge is 0.417 e. The number of halogens is 3. The second kappa shape index (κ2) is 8.66. The summed E-state index contributed by atoms with van der Waals surface area (Å²) in [7, 11) is 0. The zero-order valence-electron chi connectivity index (χ0n) is 16.8. The van der Waals surface area contributed by atoms with Crippen LogP contribution in [0.25, 0.3) is 11.4 Å². The Labute approximate surface area is 177 Å². The van der Waals surface area contributed by atoms with Gasteiger partial charge in [0.2, 0.25) is 0 Å². The number of nitrogens with two attached hydrogens (primary N) is 1. The molecule has 2 saturated heterocycles. The summed E-state index contributed by atoms with van der Waals surface area (Å²) in [6, 6.07) is 2.14. The van der Waals surface area contributed by atoms with E-state index in [1.807, 2.05) is 9.80 Å². The lowest BCUT2D eigenvalue weighted by Gasteiger charge is -2.35. The Morgan fingerprint density at radius 2 is 1.84 bits per heavy atom. The highest BCUT2D eigenvalue weighted by Gasteiger charge is 2.36. The molecule has 4 rings (SSSR count). The molecule has 8 nitrogen and oxygen atoms in total. The lowest BCUT2D eigenvalue weighted by atomic mass is 10.0. The van der Waals surface area contributed by atoms with Gasteiger partial charge in [0.25, 0.3) is 0 Å². The van der Waals surface area contributed by atoms with Gasteiger partial charge in [0.15, 0.2) is 5.82 Å². The molecule has 166 valence electrons. The summed E-state index contributed by atoms with van der Waals surface area (Å²) in [5, 5.41) is 0. The van der Waals surface area contributed by atoms with E-state index in [9.17, 15) is 18.0 Å². The Morgan fingerprint density at radius 1 is 1.10 bits per heavy atom. The fourth-order valence-corrected chi connectivity index (χ4v) is 3.91. The molecule has 2 aromatic heterocycles. The first-order valence-corrected chi connectivity index (χ1v) is 10.1. The molecule has 0 spiro atoms. The Hall–Kier alpha value is -2.95. The number of nitrogens with zero attached hydrogens (tertiary/aromatic N) is 5. The van der Waals surface area contributed by atoms with Crippen molar-refractivity contribution in [2.45, 2.75) is 31.5 Å². The van der Waals surface area contributed by atoms with Gasteiger partial charge < -0.3 is 25.1 Å². The minimum atomic E-state index is -4.65. The van der Waals surface area contributed by atoms with E-state index in [1.165, 1.54) is 0 Å². The summed E-state index contributed by atoms with van der Waals surface area (Å²) < 4.78 is 46.5. The van der Waals surface area contributed by atoms with Crippen molar-refractivity contribution in [3.05, 3.63) is 23.9 Å². The van der Waals surface area contributed by atoms with E-state index in [2.05, 4.69) is 15.0 Å². The first-order chi connectivity index (χ1) is 14.9. The molecule has 1 atom stereocenters. The van der Waals surface area contributed by atoms with Crippen LogP contribution in [-0.4, -0.2) is 60.1 Å². The second-order valence-corrected chi connectivity index (χ2v) is 7.55. The van der Waals surface area contributed by atoms with E-state index in [0.29, 0.717) is 50.9 Å². The van der Waals surface area contributed by atoms with Crippen LogP contribution in [0.4, 0.5) is 30.6 Å². The molecule has 0 aliphatic carbocycles. The second-order valence-electron chi connectivity index (χ2n) is 7.55. The summed E-state index contributed by atoms with van der Waals surface area (Å²) in [6.45, 7) is 2.69. The maximum atomic E-state index is 13.7. The van der Waals surface area contributed by atoms with Crippen LogP contribution in [-0.2, 0) is 15.7 Å². The molecule has 0 radical (unpaired) electrons. The van der Waals surface area contributed by atoms with Crippen LogP contribution in [0.1, 0.15) is 24.8 Å². The van der Waals surface area contributed by atoms with Gasteiger partial charge in [0, 0.05) is 31.9 Å². The number of nitrogen functional groups attached to an aromatic ring is 1. The molecule has 2 aliphatic rings. The number of piperidine rings is 1. The fourth-order valence-electron chi connectivity index (χ4n) is 3.91. The Kier molecular flexibility index (Phi) is 5.94. The molecule has 2 aliphatic heterocycles. The quantitative estimate of drug-likeness (QED) is 0.731. The van der Waals surface area contributed by atoms with E-state index >= 15 is 0 Å². The number of aldehydes is 1. The lowest BCUT2D eigenvalue weighted by molar-refractivity contribution is -0.137.